The first-order chi connectivity index (χ1) is 15.6. The number of nitriles is 1. The molecule has 0 spiro atoms. The summed E-state index contributed by atoms with van der Waals surface area (Å²) in [5.41, 5.74) is -2.05. The van der Waals surface area contributed by atoms with Gasteiger partial charge in [0.25, 0.3) is 0 Å². The molecule has 0 N–H and O–H groups in total. The van der Waals surface area contributed by atoms with Crippen molar-refractivity contribution in [2.45, 2.75) is 30.9 Å². The predicted molar refractivity (Wildman–Crippen MR) is 110 cm³/mol. The average Bonchev–Trinajstić information content (AvgIpc) is 3.19. The fourth-order valence-electron chi connectivity index (χ4n) is 3.80. The number of esters is 2. The Morgan fingerprint density at radius 3 is 2.33 bits per heavy atom. The number of fused-ring (bicyclic) bond motifs is 3. The summed E-state index contributed by atoms with van der Waals surface area (Å²) in [6.45, 7) is 0. The molecule has 0 bridgehead atoms. The van der Waals surface area contributed by atoms with Crippen molar-refractivity contribution in [2.24, 2.45) is 0 Å². The minimum Gasteiger partial charge on any atom is -0.493 e. The third-order valence-electron chi connectivity index (χ3n) is 5.52. The number of halogens is 3. The molecule has 1 atom stereocenters. The first kappa shape index (κ1) is 23.9. The minimum absolute atomic E-state index is 0.0938. The highest BCUT2D eigenvalue weighted by Crippen LogP contribution is 2.45. The molecular weight excluding hydrogens is 443 g/mol. The maximum atomic E-state index is 13.4. The number of furan rings is 1. The van der Waals surface area contributed by atoms with Crippen LogP contribution in [0.15, 0.2) is 34.7 Å². The molecule has 1 unspecified atom stereocenters. The summed E-state index contributed by atoms with van der Waals surface area (Å²) >= 11 is 0. The topological polar surface area (TPSA) is 98.8 Å². The monoisotopic (exact) mass is 463 g/mol. The quantitative estimate of drug-likeness (QED) is 0.460. The predicted octanol–water partition coefficient (Wildman–Crippen LogP) is 4.89. The van der Waals surface area contributed by atoms with E-state index in [1.807, 2.05) is 0 Å². The lowest BCUT2D eigenvalue weighted by molar-refractivity contribution is -0.143. The number of methoxy groups -OCH3 is 3. The summed E-state index contributed by atoms with van der Waals surface area (Å²) in [5.74, 6) is -1.11. The Hall–Kier alpha value is -3.74. The number of hydrogen-bond donors (Lipinski definition) is 0. The number of benzene rings is 2. The summed E-state index contributed by atoms with van der Waals surface area (Å²) in [7, 11) is 3.70. The zero-order chi connectivity index (χ0) is 24.4. The number of ether oxygens (including phenoxy) is 3. The van der Waals surface area contributed by atoms with Gasteiger partial charge in [0.15, 0.2) is 11.3 Å². The van der Waals surface area contributed by atoms with Gasteiger partial charge in [-0.05, 0) is 36.2 Å². The minimum atomic E-state index is -4.61. The molecule has 0 aliphatic heterocycles. The van der Waals surface area contributed by atoms with Crippen molar-refractivity contribution in [1.82, 2.24) is 0 Å². The van der Waals surface area contributed by atoms with Crippen molar-refractivity contribution in [3.05, 3.63) is 41.5 Å². The fraction of sp³-hybridized carbons (Fsp3) is 0.348. The molecule has 2 aromatic carbocycles. The number of carbonyl (C=O) groups is 2. The summed E-state index contributed by atoms with van der Waals surface area (Å²) in [6, 6.07) is 8.07. The lowest BCUT2D eigenvalue weighted by atomic mass is 9.73. The van der Waals surface area contributed by atoms with E-state index in [1.165, 1.54) is 32.4 Å². The Bertz CT molecular complexity index is 1260. The Kier molecular flexibility index (Phi) is 6.53. The molecule has 0 fully saturated rings. The number of alkyl halides is 3. The highest BCUT2D eigenvalue weighted by atomic mass is 19.4. The highest BCUT2D eigenvalue weighted by molar-refractivity contribution is 6.09. The van der Waals surface area contributed by atoms with Crippen LogP contribution in [-0.4, -0.2) is 33.3 Å². The Morgan fingerprint density at radius 2 is 1.76 bits per heavy atom. The van der Waals surface area contributed by atoms with Gasteiger partial charge in [0.2, 0.25) is 0 Å². The third kappa shape index (κ3) is 4.44. The van der Waals surface area contributed by atoms with E-state index in [-0.39, 0.29) is 46.1 Å². The van der Waals surface area contributed by atoms with E-state index < -0.39 is 35.5 Å². The average molecular weight is 463 g/mol. The van der Waals surface area contributed by atoms with E-state index in [4.69, 9.17) is 13.9 Å². The molecule has 0 aliphatic rings. The third-order valence-corrected chi connectivity index (χ3v) is 5.52. The van der Waals surface area contributed by atoms with E-state index in [0.717, 1.165) is 19.2 Å². The van der Waals surface area contributed by atoms with Crippen LogP contribution in [0.25, 0.3) is 21.9 Å². The van der Waals surface area contributed by atoms with Crippen LogP contribution in [0.4, 0.5) is 13.2 Å². The van der Waals surface area contributed by atoms with Gasteiger partial charge in [-0.3, -0.25) is 9.59 Å². The lowest BCUT2D eigenvalue weighted by Crippen LogP contribution is -2.30. The zero-order valence-corrected chi connectivity index (χ0v) is 18.0. The maximum absolute atomic E-state index is 13.4. The summed E-state index contributed by atoms with van der Waals surface area (Å²) in [6.07, 6.45) is -5.40. The van der Waals surface area contributed by atoms with Gasteiger partial charge in [-0.1, -0.05) is 6.07 Å². The molecule has 174 valence electrons. The van der Waals surface area contributed by atoms with Gasteiger partial charge in [0.05, 0.1) is 44.8 Å². The summed E-state index contributed by atoms with van der Waals surface area (Å²) < 4.78 is 60.8. The number of carbonyl (C=O) groups excluding carboxylic acids is 2. The molecule has 3 aromatic rings. The van der Waals surface area contributed by atoms with Crippen LogP contribution in [0.1, 0.15) is 30.4 Å². The molecule has 0 aliphatic carbocycles. The molecular formula is C23H20F3NO6. The van der Waals surface area contributed by atoms with Gasteiger partial charge in [0, 0.05) is 17.2 Å². The van der Waals surface area contributed by atoms with Crippen LogP contribution < -0.4 is 4.74 Å². The van der Waals surface area contributed by atoms with E-state index in [1.54, 1.807) is 0 Å². The number of hydrogen-bond acceptors (Lipinski definition) is 7. The van der Waals surface area contributed by atoms with Crippen LogP contribution in [0, 0.1) is 11.3 Å². The molecule has 10 heteroatoms. The molecule has 1 heterocycles. The second-order valence-electron chi connectivity index (χ2n) is 7.35. The van der Waals surface area contributed by atoms with E-state index in [9.17, 15) is 28.0 Å². The second kappa shape index (κ2) is 9.02. The summed E-state index contributed by atoms with van der Waals surface area (Å²) in [4.78, 5) is 24.1. The Morgan fingerprint density at radius 1 is 1.06 bits per heavy atom. The highest BCUT2D eigenvalue weighted by Gasteiger charge is 2.39. The summed E-state index contributed by atoms with van der Waals surface area (Å²) in [5, 5.41) is 10.5. The van der Waals surface area contributed by atoms with Crippen LogP contribution in [0.3, 0.4) is 0 Å². The molecule has 3 rings (SSSR count). The van der Waals surface area contributed by atoms with Gasteiger partial charge in [-0.2, -0.15) is 18.4 Å². The second-order valence-corrected chi connectivity index (χ2v) is 7.35. The number of rotatable bonds is 7. The lowest BCUT2D eigenvalue weighted by Gasteiger charge is -2.27. The molecule has 1 aromatic heterocycles. The van der Waals surface area contributed by atoms with Crippen molar-refractivity contribution >= 4 is 33.9 Å². The van der Waals surface area contributed by atoms with Crippen molar-refractivity contribution in [3.8, 4) is 11.8 Å². The van der Waals surface area contributed by atoms with E-state index in [0.29, 0.717) is 0 Å². The van der Waals surface area contributed by atoms with Gasteiger partial charge in [0.1, 0.15) is 5.58 Å². The van der Waals surface area contributed by atoms with Gasteiger partial charge in [-0.15, -0.1) is 0 Å². The normalized spacial score (nSPS) is 13.4. The number of nitrogens with zero attached hydrogens (tertiary/aromatic N) is 1. The molecule has 33 heavy (non-hydrogen) atoms. The molecule has 0 amide bonds. The molecule has 0 radical (unpaired) electrons. The fourth-order valence-corrected chi connectivity index (χ4v) is 3.80. The van der Waals surface area contributed by atoms with Crippen LogP contribution in [-0.2, 0) is 30.7 Å². The van der Waals surface area contributed by atoms with Crippen molar-refractivity contribution in [2.75, 3.05) is 21.3 Å². The maximum Gasteiger partial charge on any atom is 0.416 e. The first-order valence-corrected chi connectivity index (χ1v) is 9.76. The van der Waals surface area contributed by atoms with Crippen molar-refractivity contribution < 1.29 is 41.4 Å². The first-order valence-electron chi connectivity index (χ1n) is 9.76. The van der Waals surface area contributed by atoms with E-state index >= 15 is 0 Å². The van der Waals surface area contributed by atoms with E-state index in [2.05, 4.69) is 10.8 Å². The smallest absolute Gasteiger partial charge is 0.416 e. The van der Waals surface area contributed by atoms with Crippen LogP contribution in [0.2, 0.25) is 0 Å². The SMILES string of the molecule is COC(=O)CCC(C#N)(CC(=O)OC)c1ccc(OC)c2oc3ccc(C(F)(F)F)cc3c12. The van der Waals surface area contributed by atoms with Crippen LogP contribution in [0.5, 0.6) is 5.75 Å². The van der Waals surface area contributed by atoms with Crippen molar-refractivity contribution in [1.29, 1.82) is 5.26 Å². The molecule has 7 nitrogen and oxygen atoms in total. The largest absolute Gasteiger partial charge is 0.493 e. The Balaban J connectivity index is 2.38. The molecule has 0 saturated heterocycles. The van der Waals surface area contributed by atoms with Gasteiger partial charge < -0.3 is 18.6 Å². The van der Waals surface area contributed by atoms with Crippen LogP contribution >= 0.6 is 0 Å². The Labute approximate surface area is 186 Å². The van der Waals surface area contributed by atoms with Crippen molar-refractivity contribution in [3.63, 3.8) is 0 Å². The standard InChI is InChI=1S/C23H20F3NO6/c1-30-17-7-5-15(22(12-27,11-19(29)32-3)9-8-18(28)31-2)20-14-10-13(23(24,25)26)4-6-16(14)33-21(17)20/h4-7,10H,8-9,11H2,1-3H3. The molecule has 0 saturated carbocycles. The van der Waals surface area contributed by atoms with Gasteiger partial charge in [-0.25, -0.2) is 0 Å². The zero-order valence-electron chi connectivity index (χ0n) is 18.0. The van der Waals surface area contributed by atoms with Gasteiger partial charge >= 0.3 is 18.1 Å².